The van der Waals surface area contributed by atoms with E-state index in [1.807, 2.05) is 7.05 Å². The fourth-order valence-corrected chi connectivity index (χ4v) is 2.36. The van der Waals surface area contributed by atoms with Crippen LogP contribution < -0.4 is 16.4 Å². The van der Waals surface area contributed by atoms with Crippen LogP contribution in [0.15, 0.2) is 0 Å². The molecule has 1 aliphatic rings. The summed E-state index contributed by atoms with van der Waals surface area (Å²) in [6.45, 7) is 0. The van der Waals surface area contributed by atoms with Crippen LogP contribution in [0.25, 0.3) is 0 Å². The largest absolute Gasteiger partial charge is 0.368 e. The summed E-state index contributed by atoms with van der Waals surface area (Å²) in [7, 11) is 2.00. The average molecular weight is 236 g/mol. The molecule has 0 saturated heterocycles. The van der Waals surface area contributed by atoms with Crippen molar-refractivity contribution in [2.24, 2.45) is 0 Å². The third-order valence-electron chi connectivity index (χ3n) is 3.35. The normalized spacial score (nSPS) is 17.7. The molecule has 0 bridgehead atoms. The molecule has 17 heavy (non-hydrogen) atoms. The molecule has 0 aromatic carbocycles. The summed E-state index contributed by atoms with van der Waals surface area (Å²) in [6.07, 6.45) is 7.55. The number of nitrogens with zero attached hydrogens (tertiary/aromatic N) is 4. The van der Waals surface area contributed by atoms with Crippen LogP contribution in [0.2, 0.25) is 0 Å². The highest BCUT2D eigenvalue weighted by atomic mass is 15.3. The number of hydrogen-bond donors (Lipinski definition) is 2. The zero-order chi connectivity index (χ0) is 12.3. The Morgan fingerprint density at radius 1 is 0.941 bits per heavy atom. The fourth-order valence-electron chi connectivity index (χ4n) is 2.36. The van der Waals surface area contributed by atoms with Crippen molar-refractivity contribution in [3.63, 3.8) is 0 Å². The topological polar surface area (TPSA) is 94.0 Å². The van der Waals surface area contributed by atoms with Crippen molar-refractivity contribution in [1.82, 2.24) is 15.0 Å². The van der Waals surface area contributed by atoms with Crippen molar-refractivity contribution in [1.29, 1.82) is 0 Å². The van der Waals surface area contributed by atoms with Gasteiger partial charge in [0.05, 0.1) is 0 Å². The van der Waals surface area contributed by atoms with Crippen molar-refractivity contribution in [2.45, 2.75) is 44.6 Å². The number of aromatic nitrogens is 3. The molecular formula is C11H20N6. The molecule has 0 atom stereocenters. The van der Waals surface area contributed by atoms with Gasteiger partial charge in [0.25, 0.3) is 0 Å². The van der Waals surface area contributed by atoms with Crippen LogP contribution in [0.5, 0.6) is 0 Å². The Morgan fingerprint density at radius 3 is 2.00 bits per heavy atom. The van der Waals surface area contributed by atoms with Gasteiger partial charge in [0.15, 0.2) is 0 Å². The second kappa shape index (κ2) is 5.16. The Balaban J connectivity index is 2.14. The Morgan fingerprint density at radius 2 is 1.47 bits per heavy atom. The zero-order valence-corrected chi connectivity index (χ0v) is 10.3. The van der Waals surface area contributed by atoms with E-state index in [1.54, 1.807) is 0 Å². The molecule has 94 valence electrons. The van der Waals surface area contributed by atoms with Crippen molar-refractivity contribution in [2.75, 3.05) is 23.4 Å². The lowest BCUT2D eigenvalue weighted by atomic mass is 10.1. The minimum atomic E-state index is 0.188. The first-order valence-corrected chi connectivity index (χ1v) is 6.16. The van der Waals surface area contributed by atoms with Gasteiger partial charge in [-0.25, -0.2) is 0 Å². The van der Waals surface area contributed by atoms with E-state index in [-0.39, 0.29) is 11.9 Å². The minimum absolute atomic E-state index is 0.188. The van der Waals surface area contributed by atoms with Crippen LogP contribution in [0.4, 0.5) is 17.8 Å². The van der Waals surface area contributed by atoms with Gasteiger partial charge in [0.2, 0.25) is 17.8 Å². The third-order valence-corrected chi connectivity index (χ3v) is 3.35. The molecule has 0 amide bonds. The van der Waals surface area contributed by atoms with E-state index in [1.165, 1.54) is 38.5 Å². The van der Waals surface area contributed by atoms with E-state index in [2.05, 4.69) is 19.9 Å². The zero-order valence-electron chi connectivity index (χ0n) is 10.3. The number of anilines is 3. The molecule has 1 aromatic rings. The van der Waals surface area contributed by atoms with Gasteiger partial charge in [0.1, 0.15) is 0 Å². The van der Waals surface area contributed by atoms with Crippen LogP contribution in [-0.2, 0) is 0 Å². The third kappa shape index (κ3) is 2.95. The van der Waals surface area contributed by atoms with E-state index in [0.29, 0.717) is 12.0 Å². The van der Waals surface area contributed by atoms with Crippen molar-refractivity contribution in [3.8, 4) is 0 Å². The average Bonchev–Trinajstić information content (AvgIpc) is 2.55. The van der Waals surface area contributed by atoms with Gasteiger partial charge >= 0.3 is 0 Å². The predicted octanol–water partition coefficient (Wildman–Crippen LogP) is 1.19. The minimum Gasteiger partial charge on any atom is -0.368 e. The molecule has 0 spiro atoms. The van der Waals surface area contributed by atoms with Gasteiger partial charge < -0.3 is 16.4 Å². The number of nitrogens with two attached hydrogens (primary N) is 2. The molecule has 4 N–H and O–H groups in total. The molecular weight excluding hydrogens is 216 g/mol. The highest BCUT2D eigenvalue weighted by molar-refractivity contribution is 5.39. The molecule has 1 aliphatic carbocycles. The molecule has 0 radical (unpaired) electrons. The lowest BCUT2D eigenvalue weighted by Gasteiger charge is -2.27. The van der Waals surface area contributed by atoms with Crippen LogP contribution in [-0.4, -0.2) is 28.0 Å². The van der Waals surface area contributed by atoms with Crippen LogP contribution in [0, 0.1) is 0 Å². The quantitative estimate of drug-likeness (QED) is 0.749. The molecule has 6 nitrogen and oxygen atoms in total. The summed E-state index contributed by atoms with van der Waals surface area (Å²) in [4.78, 5) is 14.2. The fraction of sp³-hybridized carbons (Fsp3) is 0.727. The summed E-state index contributed by atoms with van der Waals surface area (Å²) in [6, 6.07) is 0.485. The SMILES string of the molecule is CN(c1nc(N)nc(N)n1)C1CCCCCC1. The molecule has 1 saturated carbocycles. The summed E-state index contributed by atoms with van der Waals surface area (Å²) in [5, 5.41) is 0. The van der Waals surface area contributed by atoms with Gasteiger partial charge in [-0.05, 0) is 12.8 Å². The maximum absolute atomic E-state index is 5.59. The van der Waals surface area contributed by atoms with E-state index in [0.717, 1.165) is 0 Å². The Bertz CT molecular complexity index is 352. The standard InChI is InChI=1S/C11H20N6/c1-17(8-6-4-2-3-5-7-8)11-15-9(12)14-10(13)16-11/h8H,2-7H2,1H3,(H4,12,13,14,15,16). The van der Waals surface area contributed by atoms with Gasteiger partial charge in [0, 0.05) is 13.1 Å². The van der Waals surface area contributed by atoms with Crippen molar-refractivity contribution in [3.05, 3.63) is 0 Å². The van der Waals surface area contributed by atoms with Crippen LogP contribution >= 0.6 is 0 Å². The summed E-state index contributed by atoms with van der Waals surface area (Å²) in [5.41, 5.74) is 11.2. The highest BCUT2D eigenvalue weighted by Crippen LogP contribution is 2.23. The highest BCUT2D eigenvalue weighted by Gasteiger charge is 2.19. The Hall–Kier alpha value is -1.59. The van der Waals surface area contributed by atoms with Crippen LogP contribution in [0.1, 0.15) is 38.5 Å². The lowest BCUT2D eigenvalue weighted by Crippen LogP contribution is -2.33. The van der Waals surface area contributed by atoms with Gasteiger partial charge in [-0.3, -0.25) is 0 Å². The second-order valence-electron chi connectivity index (χ2n) is 4.61. The van der Waals surface area contributed by atoms with E-state index in [4.69, 9.17) is 11.5 Å². The molecule has 0 unspecified atom stereocenters. The van der Waals surface area contributed by atoms with Crippen molar-refractivity contribution >= 4 is 17.8 Å². The number of rotatable bonds is 2. The van der Waals surface area contributed by atoms with Gasteiger partial charge in [-0.15, -0.1) is 0 Å². The van der Waals surface area contributed by atoms with Gasteiger partial charge in [-0.2, -0.15) is 15.0 Å². The molecule has 0 aliphatic heterocycles. The summed E-state index contributed by atoms with van der Waals surface area (Å²) in [5.74, 6) is 0.961. The number of hydrogen-bond acceptors (Lipinski definition) is 6. The van der Waals surface area contributed by atoms with Crippen molar-refractivity contribution < 1.29 is 0 Å². The molecule has 1 fully saturated rings. The first kappa shape index (κ1) is 11.9. The molecule has 1 aromatic heterocycles. The van der Waals surface area contributed by atoms with E-state index in [9.17, 15) is 0 Å². The maximum atomic E-state index is 5.59. The molecule has 1 heterocycles. The lowest BCUT2D eigenvalue weighted by molar-refractivity contribution is 0.544. The molecule has 6 heteroatoms. The monoisotopic (exact) mass is 236 g/mol. The number of nitrogen functional groups attached to an aromatic ring is 2. The molecule has 2 rings (SSSR count). The van der Waals surface area contributed by atoms with Gasteiger partial charge in [-0.1, -0.05) is 25.7 Å². The second-order valence-corrected chi connectivity index (χ2v) is 4.61. The smallest absolute Gasteiger partial charge is 0.231 e. The van der Waals surface area contributed by atoms with E-state index >= 15 is 0 Å². The maximum Gasteiger partial charge on any atom is 0.231 e. The summed E-state index contributed by atoms with van der Waals surface area (Å²) >= 11 is 0. The Labute approximate surface area is 101 Å². The first-order chi connectivity index (χ1) is 8.16. The first-order valence-electron chi connectivity index (χ1n) is 6.16. The van der Waals surface area contributed by atoms with E-state index < -0.39 is 0 Å². The Kier molecular flexibility index (Phi) is 3.61. The van der Waals surface area contributed by atoms with Crippen LogP contribution in [0.3, 0.4) is 0 Å². The summed E-state index contributed by atoms with van der Waals surface area (Å²) < 4.78 is 0. The predicted molar refractivity (Wildman–Crippen MR) is 68.5 cm³/mol.